The smallest absolute Gasteiger partial charge is 0.387 e. The van der Waals surface area contributed by atoms with Gasteiger partial charge in [0.2, 0.25) is 0 Å². The first kappa shape index (κ1) is 21.7. The second kappa shape index (κ2) is 10.7. The summed E-state index contributed by atoms with van der Waals surface area (Å²) < 4.78 is 39.5. The normalized spacial score (nSPS) is 14.4. The average molecular weight is 420 g/mol. The molecule has 30 heavy (non-hydrogen) atoms. The molecule has 1 aliphatic heterocycles. The van der Waals surface area contributed by atoms with Crippen LogP contribution in [-0.2, 0) is 20.8 Å². The summed E-state index contributed by atoms with van der Waals surface area (Å²) in [5, 5.41) is 2.39. The number of nitrogens with zero attached hydrogens (tertiary/aromatic N) is 1. The number of anilines is 1. The van der Waals surface area contributed by atoms with Gasteiger partial charge in [-0.1, -0.05) is 24.3 Å². The number of esters is 1. The van der Waals surface area contributed by atoms with Crippen LogP contribution in [0, 0.1) is 0 Å². The van der Waals surface area contributed by atoms with Gasteiger partial charge in [0.25, 0.3) is 5.91 Å². The highest BCUT2D eigenvalue weighted by molar-refractivity contribution is 5.96. The van der Waals surface area contributed by atoms with Crippen molar-refractivity contribution in [1.82, 2.24) is 4.90 Å². The first-order valence-electron chi connectivity index (χ1n) is 9.41. The number of rotatable bonds is 8. The van der Waals surface area contributed by atoms with Crippen LogP contribution in [0.15, 0.2) is 48.5 Å². The van der Waals surface area contributed by atoms with Gasteiger partial charge >= 0.3 is 12.6 Å². The minimum atomic E-state index is -3.02. The quantitative estimate of drug-likeness (QED) is 0.662. The molecule has 160 valence electrons. The van der Waals surface area contributed by atoms with E-state index in [-0.39, 0.29) is 11.4 Å². The highest BCUT2D eigenvalue weighted by Crippen LogP contribution is 2.25. The van der Waals surface area contributed by atoms with Crippen molar-refractivity contribution in [1.29, 1.82) is 0 Å². The van der Waals surface area contributed by atoms with Crippen LogP contribution in [0.3, 0.4) is 0 Å². The lowest BCUT2D eigenvalue weighted by Gasteiger charge is -2.26. The van der Waals surface area contributed by atoms with Gasteiger partial charge in [-0.2, -0.15) is 8.78 Å². The molecule has 3 rings (SSSR count). The van der Waals surface area contributed by atoms with Crippen molar-refractivity contribution in [2.24, 2.45) is 0 Å². The summed E-state index contributed by atoms with van der Waals surface area (Å²) in [6, 6.07) is 12.7. The number of hydrogen-bond acceptors (Lipinski definition) is 6. The standard InChI is InChI=1S/C21H22F2N2O5/c22-21(23)30-18-4-2-1-3-17(18)24-19(26)14-29-20(27)16-7-5-15(6-8-16)13-25-9-11-28-12-10-25/h1-8,21H,9-14H2,(H,24,26). The van der Waals surface area contributed by atoms with Crippen LogP contribution < -0.4 is 10.1 Å². The largest absolute Gasteiger partial charge is 0.452 e. The fraction of sp³-hybridized carbons (Fsp3) is 0.333. The number of amides is 1. The summed E-state index contributed by atoms with van der Waals surface area (Å²) >= 11 is 0. The molecule has 2 aromatic rings. The Hall–Kier alpha value is -3.04. The van der Waals surface area contributed by atoms with Crippen molar-refractivity contribution in [3.8, 4) is 5.75 Å². The lowest BCUT2D eigenvalue weighted by Crippen LogP contribution is -2.35. The zero-order valence-corrected chi connectivity index (χ0v) is 16.2. The Morgan fingerprint density at radius 2 is 1.77 bits per heavy atom. The number of morpholine rings is 1. The molecule has 0 radical (unpaired) electrons. The molecule has 1 saturated heterocycles. The van der Waals surface area contributed by atoms with E-state index in [0.29, 0.717) is 18.8 Å². The summed E-state index contributed by atoms with van der Waals surface area (Å²) in [6.07, 6.45) is 0. The molecular formula is C21H22F2N2O5. The molecule has 0 unspecified atom stereocenters. The van der Waals surface area contributed by atoms with Crippen molar-refractivity contribution >= 4 is 17.6 Å². The average Bonchev–Trinajstić information content (AvgIpc) is 2.74. The van der Waals surface area contributed by atoms with Crippen LogP contribution in [-0.4, -0.2) is 56.3 Å². The molecule has 1 heterocycles. The molecule has 9 heteroatoms. The molecule has 1 amide bonds. The fourth-order valence-corrected chi connectivity index (χ4v) is 2.93. The van der Waals surface area contributed by atoms with E-state index in [1.807, 2.05) is 12.1 Å². The second-order valence-electron chi connectivity index (χ2n) is 6.58. The topological polar surface area (TPSA) is 77.1 Å². The van der Waals surface area contributed by atoms with E-state index in [0.717, 1.165) is 25.2 Å². The summed E-state index contributed by atoms with van der Waals surface area (Å²) in [4.78, 5) is 26.4. The van der Waals surface area contributed by atoms with Crippen LogP contribution in [0.4, 0.5) is 14.5 Å². The van der Waals surface area contributed by atoms with E-state index in [1.165, 1.54) is 18.2 Å². The van der Waals surface area contributed by atoms with Crippen LogP contribution in [0.1, 0.15) is 15.9 Å². The monoisotopic (exact) mass is 420 g/mol. The Bertz CT molecular complexity index is 855. The van der Waals surface area contributed by atoms with Gasteiger partial charge in [0.15, 0.2) is 6.61 Å². The van der Waals surface area contributed by atoms with Gasteiger partial charge in [0.1, 0.15) is 5.75 Å². The Morgan fingerprint density at radius 3 is 2.47 bits per heavy atom. The number of alkyl halides is 2. The Balaban J connectivity index is 1.48. The van der Waals surface area contributed by atoms with Gasteiger partial charge in [-0.05, 0) is 29.8 Å². The van der Waals surface area contributed by atoms with E-state index < -0.39 is 25.1 Å². The predicted molar refractivity (Wildman–Crippen MR) is 105 cm³/mol. The van der Waals surface area contributed by atoms with E-state index in [4.69, 9.17) is 9.47 Å². The minimum absolute atomic E-state index is 0.0614. The molecule has 2 aromatic carbocycles. The Labute approximate surface area is 172 Å². The maximum Gasteiger partial charge on any atom is 0.387 e. The van der Waals surface area contributed by atoms with Gasteiger partial charge < -0.3 is 19.5 Å². The first-order chi connectivity index (χ1) is 14.5. The summed E-state index contributed by atoms with van der Waals surface area (Å²) in [5.41, 5.74) is 1.43. The van der Waals surface area contributed by atoms with E-state index >= 15 is 0 Å². The second-order valence-corrected chi connectivity index (χ2v) is 6.58. The van der Waals surface area contributed by atoms with Gasteiger partial charge in [-0.25, -0.2) is 4.79 Å². The zero-order valence-electron chi connectivity index (χ0n) is 16.2. The van der Waals surface area contributed by atoms with Crippen LogP contribution in [0.2, 0.25) is 0 Å². The summed E-state index contributed by atoms with van der Waals surface area (Å²) in [6.45, 7) is 0.344. The molecule has 0 aliphatic carbocycles. The van der Waals surface area contributed by atoms with Crippen molar-refractivity contribution in [3.05, 3.63) is 59.7 Å². The number of benzene rings is 2. The molecule has 0 saturated carbocycles. The van der Waals surface area contributed by atoms with E-state index in [9.17, 15) is 18.4 Å². The van der Waals surface area contributed by atoms with Gasteiger partial charge in [0.05, 0.1) is 24.5 Å². The highest BCUT2D eigenvalue weighted by atomic mass is 19.3. The molecule has 1 fully saturated rings. The third-order valence-corrected chi connectivity index (χ3v) is 4.41. The molecule has 1 N–H and O–H groups in total. The Morgan fingerprint density at radius 1 is 1.07 bits per heavy atom. The Kier molecular flexibility index (Phi) is 7.69. The van der Waals surface area contributed by atoms with Crippen molar-refractivity contribution in [3.63, 3.8) is 0 Å². The van der Waals surface area contributed by atoms with Crippen LogP contribution >= 0.6 is 0 Å². The number of carbonyl (C=O) groups is 2. The van der Waals surface area contributed by atoms with E-state index in [1.54, 1.807) is 18.2 Å². The number of carbonyl (C=O) groups excluding carboxylic acids is 2. The minimum Gasteiger partial charge on any atom is -0.452 e. The maximum absolute atomic E-state index is 12.4. The molecule has 1 aliphatic rings. The lowest BCUT2D eigenvalue weighted by atomic mass is 10.1. The van der Waals surface area contributed by atoms with Crippen LogP contribution in [0.5, 0.6) is 5.75 Å². The number of halogens is 2. The summed E-state index contributed by atoms with van der Waals surface area (Å²) in [5.74, 6) is -1.50. The van der Waals surface area contributed by atoms with Crippen molar-refractivity contribution in [2.45, 2.75) is 13.2 Å². The fourth-order valence-electron chi connectivity index (χ4n) is 2.93. The highest BCUT2D eigenvalue weighted by Gasteiger charge is 2.15. The predicted octanol–water partition coefficient (Wildman–Crippen LogP) is 2.92. The van der Waals surface area contributed by atoms with Gasteiger partial charge in [-0.3, -0.25) is 9.69 Å². The maximum atomic E-state index is 12.4. The zero-order chi connectivity index (χ0) is 21.3. The number of ether oxygens (including phenoxy) is 3. The van der Waals surface area contributed by atoms with Crippen molar-refractivity contribution in [2.75, 3.05) is 38.2 Å². The van der Waals surface area contributed by atoms with Crippen LogP contribution in [0.25, 0.3) is 0 Å². The van der Waals surface area contributed by atoms with Gasteiger partial charge in [0, 0.05) is 19.6 Å². The lowest BCUT2D eigenvalue weighted by molar-refractivity contribution is -0.119. The molecule has 0 atom stereocenters. The third-order valence-electron chi connectivity index (χ3n) is 4.41. The van der Waals surface area contributed by atoms with E-state index in [2.05, 4.69) is 15.0 Å². The van der Waals surface area contributed by atoms with Gasteiger partial charge in [-0.15, -0.1) is 0 Å². The molecule has 0 bridgehead atoms. The SMILES string of the molecule is O=C(COC(=O)c1ccc(CN2CCOCC2)cc1)Nc1ccccc1OC(F)F. The molecule has 0 spiro atoms. The molecular weight excluding hydrogens is 398 g/mol. The first-order valence-corrected chi connectivity index (χ1v) is 9.41. The van der Waals surface area contributed by atoms with Crippen molar-refractivity contribution < 1.29 is 32.6 Å². The number of hydrogen-bond donors (Lipinski definition) is 1. The third kappa shape index (κ3) is 6.50. The number of para-hydroxylation sites is 2. The summed E-state index contributed by atoms with van der Waals surface area (Å²) in [7, 11) is 0. The molecule has 0 aromatic heterocycles. The molecule has 7 nitrogen and oxygen atoms in total. The number of nitrogens with one attached hydrogen (secondary N) is 1.